The van der Waals surface area contributed by atoms with Gasteiger partial charge in [0.2, 0.25) is 0 Å². The van der Waals surface area contributed by atoms with E-state index in [-0.39, 0.29) is 0 Å². The molecular weight excluding hydrogens is 763 g/mol. The lowest BCUT2D eigenvalue weighted by Crippen LogP contribution is -2.21. The van der Waals surface area contributed by atoms with E-state index in [2.05, 4.69) is 241 Å². The van der Waals surface area contributed by atoms with Gasteiger partial charge < -0.3 is 4.57 Å². The Labute approximate surface area is 364 Å². The lowest BCUT2D eigenvalue weighted by Gasteiger charge is -2.13. The zero-order valence-electron chi connectivity index (χ0n) is 34.2. The molecule has 1 nitrogen and oxygen atoms in total. The van der Waals surface area contributed by atoms with E-state index in [9.17, 15) is 0 Å². The first kappa shape index (κ1) is 36.1. The minimum absolute atomic E-state index is 0.691. The Morgan fingerprint density at radius 2 is 0.548 bits per heavy atom. The van der Waals surface area contributed by atoms with Crippen LogP contribution in [0.3, 0.4) is 0 Å². The fraction of sp³-hybridized carbons (Fsp3) is 0. The molecule has 0 fully saturated rings. The van der Waals surface area contributed by atoms with Gasteiger partial charge in [0.15, 0.2) is 0 Å². The number of benzene rings is 10. The van der Waals surface area contributed by atoms with Gasteiger partial charge in [-0.1, -0.05) is 217 Å². The number of aromatic nitrogens is 1. The van der Waals surface area contributed by atoms with E-state index in [4.69, 9.17) is 0 Å². The van der Waals surface area contributed by atoms with E-state index in [0.29, 0.717) is 0 Å². The van der Waals surface area contributed by atoms with Gasteiger partial charge in [-0.3, -0.25) is 0 Å². The standard InChI is InChI=1S/C60H41NSi/c1-4-10-40(11-5-1)43-16-22-46(23-17-43)49-29-34-57-55(36-49)56-37-50(47-24-18-44(19-25-47)41-12-6-2-7-13-41)30-35-58(56)61(57)52-31-33-54-53-32-28-51(38-59(53)62-60(54)39-52)48-26-20-45(21-27-48)42-14-8-3-9-15-42/h1-39H,62H2/q-1. The molecule has 0 bridgehead atoms. The molecule has 291 valence electrons. The molecule has 0 atom stereocenters. The zero-order chi connectivity index (χ0) is 41.0. The second-order valence-electron chi connectivity index (χ2n) is 16.5. The third-order valence-electron chi connectivity index (χ3n) is 12.9. The SMILES string of the molecule is c1ccc(-c2ccc(-c3ccc4c(c3)[SiH2-]c3cc(-n5c6ccc(-c7ccc(-c8ccccc8)cc7)cc6c6cc(-c7ccc(-c8ccccc8)cc7)ccc65)ccc3-4)cc2)cc1. The minimum Gasteiger partial charge on any atom is -0.309 e. The second kappa shape index (κ2) is 15.0. The van der Waals surface area contributed by atoms with E-state index in [0.717, 1.165) is 0 Å². The molecule has 10 aromatic carbocycles. The molecule has 0 radical (unpaired) electrons. The number of hydrogen-bond donors (Lipinski definition) is 0. The topological polar surface area (TPSA) is 4.93 Å². The van der Waals surface area contributed by atoms with Crippen LogP contribution in [-0.2, 0) is 0 Å². The predicted octanol–water partition coefficient (Wildman–Crippen LogP) is 13.9. The fourth-order valence-corrected chi connectivity index (χ4v) is 11.7. The van der Waals surface area contributed by atoms with Crippen LogP contribution in [0.1, 0.15) is 0 Å². The van der Waals surface area contributed by atoms with Crippen molar-refractivity contribution in [2.75, 3.05) is 0 Å². The van der Waals surface area contributed by atoms with E-state index in [1.54, 1.807) is 0 Å². The van der Waals surface area contributed by atoms with Gasteiger partial charge in [0, 0.05) is 16.5 Å². The maximum absolute atomic E-state index is 2.49. The number of hydrogen-bond acceptors (Lipinski definition) is 0. The van der Waals surface area contributed by atoms with Crippen molar-refractivity contribution >= 4 is 41.7 Å². The lowest BCUT2D eigenvalue weighted by atomic mass is 9.97. The molecule has 1 aliphatic heterocycles. The highest BCUT2D eigenvalue weighted by Gasteiger charge is 2.18. The number of fused-ring (bicyclic) bond motifs is 6. The molecule has 0 aliphatic carbocycles. The third-order valence-corrected chi connectivity index (χ3v) is 14.8. The summed E-state index contributed by atoms with van der Waals surface area (Å²) in [5.41, 5.74) is 21.3. The Hall–Kier alpha value is -7.78. The largest absolute Gasteiger partial charge is 0.309 e. The van der Waals surface area contributed by atoms with Gasteiger partial charge in [-0.25, -0.2) is 0 Å². The summed E-state index contributed by atoms with van der Waals surface area (Å²) < 4.78 is 2.49. The second-order valence-corrected chi connectivity index (χ2v) is 18.4. The van der Waals surface area contributed by atoms with Crippen molar-refractivity contribution in [3.8, 4) is 83.6 Å². The van der Waals surface area contributed by atoms with Crippen LogP contribution in [0.25, 0.3) is 105 Å². The van der Waals surface area contributed by atoms with Crippen LogP contribution in [0.5, 0.6) is 0 Å². The fourth-order valence-electron chi connectivity index (χ4n) is 9.63. The number of nitrogens with zero attached hydrogens (tertiary/aromatic N) is 1. The Balaban J connectivity index is 0.924. The average Bonchev–Trinajstić information content (AvgIpc) is 3.89. The number of rotatable bonds is 7. The van der Waals surface area contributed by atoms with Crippen molar-refractivity contribution in [3.63, 3.8) is 0 Å². The Morgan fingerprint density at radius 3 is 0.968 bits per heavy atom. The van der Waals surface area contributed by atoms with E-state index < -0.39 is 9.52 Å². The maximum atomic E-state index is 2.49. The van der Waals surface area contributed by atoms with Crippen LogP contribution >= 0.6 is 0 Å². The Morgan fingerprint density at radius 1 is 0.242 bits per heavy atom. The van der Waals surface area contributed by atoms with E-state index in [1.807, 2.05) is 0 Å². The molecule has 0 unspecified atom stereocenters. The molecule has 0 N–H and O–H groups in total. The van der Waals surface area contributed by atoms with Crippen molar-refractivity contribution in [3.05, 3.63) is 237 Å². The van der Waals surface area contributed by atoms with Crippen LogP contribution in [0, 0.1) is 0 Å². The summed E-state index contributed by atoms with van der Waals surface area (Å²) in [6.07, 6.45) is 0. The van der Waals surface area contributed by atoms with Crippen LogP contribution in [0.4, 0.5) is 0 Å². The first-order valence-corrected chi connectivity index (χ1v) is 22.9. The van der Waals surface area contributed by atoms with Crippen LogP contribution in [-0.4, -0.2) is 14.1 Å². The minimum atomic E-state index is -0.691. The highest BCUT2D eigenvalue weighted by Crippen LogP contribution is 2.39. The van der Waals surface area contributed by atoms with Gasteiger partial charge in [-0.05, 0) is 97.1 Å². The lowest BCUT2D eigenvalue weighted by molar-refractivity contribution is 1.18. The van der Waals surface area contributed by atoms with Gasteiger partial charge >= 0.3 is 0 Å². The van der Waals surface area contributed by atoms with Gasteiger partial charge in [0.05, 0.1) is 11.0 Å². The van der Waals surface area contributed by atoms with E-state index >= 15 is 0 Å². The molecule has 1 aromatic heterocycles. The Kier molecular flexibility index (Phi) is 8.76. The molecule has 0 saturated carbocycles. The predicted molar refractivity (Wildman–Crippen MR) is 267 cm³/mol. The quantitative estimate of drug-likeness (QED) is 0.141. The molecule has 0 saturated heterocycles. The zero-order valence-corrected chi connectivity index (χ0v) is 35.6. The van der Waals surface area contributed by atoms with Gasteiger partial charge in [-0.2, -0.15) is 10.4 Å². The molecule has 0 spiro atoms. The molecule has 1 aliphatic rings. The summed E-state index contributed by atoms with van der Waals surface area (Å²) >= 11 is 0. The summed E-state index contributed by atoms with van der Waals surface area (Å²) in [4.78, 5) is 0. The van der Waals surface area contributed by atoms with Crippen molar-refractivity contribution in [1.82, 2.24) is 4.57 Å². The summed E-state index contributed by atoms with van der Waals surface area (Å²) in [7, 11) is -0.691. The van der Waals surface area contributed by atoms with E-state index in [1.165, 1.54) is 116 Å². The molecule has 2 heterocycles. The van der Waals surface area contributed by atoms with Crippen molar-refractivity contribution < 1.29 is 0 Å². The third kappa shape index (κ3) is 6.41. The molecule has 11 aromatic rings. The Bertz CT molecular complexity index is 3280. The average molecular weight is 804 g/mol. The van der Waals surface area contributed by atoms with Gasteiger partial charge in [-0.15, -0.1) is 9.52 Å². The monoisotopic (exact) mass is 803 g/mol. The normalized spacial score (nSPS) is 12.2. The molecule has 12 rings (SSSR count). The van der Waals surface area contributed by atoms with Gasteiger partial charge in [0.25, 0.3) is 0 Å². The first-order valence-electron chi connectivity index (χ1n) is 21.5. The smallest absolute Gasteiger partial charge is 0.0541 e. The molecular formula is C60H41NSi-. The summed E-state index contributed by atoms with van der Waals surface area (Å²) in [6.45, 7) is 0. The molecule has 2 heteroatoms. The first-order chi connectivity index (χ1) is 30.7. The maximum Gasteiger partial charge on any atom is 0.0541 e. The molecule has 0 amide bonds. The summed E-state index contributed by atoms with van der Waals surface area (Å²) in [5, 5.41) is 5.55. The van der Waals surface area contributed by atoms with Crippen molar-refractivity contribution in [2.24, 2.45) is 0 Å². The highest BCUT2D eigenvalue weighted by atomic mass is 28.2. The van der Waals surface area contributed by atoms with Crippen LogP contribution in [0.15, 0.2) is 237 Å². The van der Waals surface area contributed by atoms with Crippen LogP contribution in [0.2, 0.25) is 0 Å². The summed E-state index contributed by atoms with van der Waals surface area (Å²) in [5.74, 6) is 0. The van der Waals surface area contributed by atoms with Crippen molar-refractivity contribution in [1.29, 1.82) is 0 Å². The molecule has 62 heavy (non-hydrogen) atoms. The highest BCUT2D eigenvalue weighted by molar-refractivity contribution is 6.73. The van der Waals surface area contributed by atoms with Crippen LogP contribution < -0.4 is 10.4 Å². The van der Waals surface area contributed by atoms with Gasteiger partial charge in [0.1, 0.15) is 0 Å². The van der Waals surface area contributed by atoms with Crippen molar-refractivity contribution in [2.45, 2.75) is 0 Å². The summed E-state index contributed by atoms with van der Waals surface area (Å²) in [6, 6.07) is 87.3.